The summed E-state index contributed by atoms with van der Waals surface area (Å²) in [6.07, 6.45) is 1.05. The molecule has 0 aliphatic heterocycles. The quantitative estimate of drug-likeness (QED) is 0.812. The molecule has 2 nitrogen and oxygen atoms in total. The predicted octanol–water partition coefficient (Wildman–Crippen LogP) is 2.71. The van der Waals surface area contributed by atoms with E-state index in [1.54, 1.807) is 12.1 Å². The fourth-order valence-electron chi connectivity index (χ4n) is 1.22. The highest BCUT2D eigenvalue weighted by molar-refractivity contribution is 5.34. The summed E-state index contributed by atoms with van der Waals surface area (Å²) < 4.78 is 18.8. The molecule has 1 unspecified atom stereocenters. The van der Waals surface area contributed by atoms with Crippen LogP contribution >= 0.6 is 0 Å². The molecule has 0 spiro atoms. The topological polar surface area (TPSA) is 35.2 Å². The monoisotopic (exact) mass is 211 g/mol. The third-order valence-electron chi connectivity index (χ3n) is 2.50. The fourth-order valence-corrected chi connectivity index (χ4v) is 1.22. The van der Waals surface area contributed by atoms with E-state index < -0.39 is 0 Å². The minimum Gasteiger partial charge on any atom is -0.493 e. The van der Waals surface area contributed by atoms with Crippen LogP contribution in [0.15, 0.2) is 18.2 Å². The van der Waals surface area contributed by atoms with Crippen molar-refractivity contribution in [2.24, 2.45) is 11.7 Å². The molecule has 1 aromatic carbocycles. The van der Waals surface area contributed by atoms with Crippen molar-refractivity contribution in [1.82, 2.24) is 0 Å². The van der Waals surface area contributed by atoms with Crippen LogP contribution < -0.4 is 10.5 Å². The van der Waals surface area contributed by atoms with Gasteiger partial charge in [0.05, 0.1) is 6.61 Å². The van der Waals surface area contributed by atoms with Crippen LogP contribution in [0.2, 0.25) is 0 Å². The highest BCUT2D eigenvalue weighted by Crippen LogP contribution is 2.21. The smallest absolute Gasteiger partial charge is 0.131 e. The maximum atomic E-state index is 13.3. The third kappa shape index (κ3) is 3.20. The van der Waals surface area contributed by atoms with E-state index in [-0.39, 0.29) is 12.4 Å². The number of hydrogen-bond acceptors (Lipinski definition) is 2. The van der Waals surface area contributed by atoms with Gasteiger partial charge in [0.15, 0.2) is 0 Å². The molecule has 0 fully saturated rings. The first-order chi connectivity index (χ1) is 7.19. The molecule has 84 valence electrons. The molecule has 0 saturated heterocycles. The Hall–Kier alpha value is -1.09. The van der Waals surface area contributed by atoms with Crippen LogP contribution in [0.3, 0.4) is 0 Å². The van der Waals surface area contributed by atoms with Crippen LogP contribution in [0.4, 0.5) is 4.39 Å². The number of rotatable bonds is 5. The minimum absolute atomic E-state index is 0.169. The van der Waals surface area contributed by atoms with Crippen molar-refractivity contribution >= 4 is 0 Å². The summed E-state index contributed by atoms with van der Waals surface area (Å²) in [7, 11) is 0. The maximum absolute atomic E-state index is 13.3. The van der Waals surface area contributed by atoms with Crippen molar-refractivity contribution < 1.29 is 9.13 Å². The number of benzene rings is 1. The molecular formula is C12H18FNO. The van der Waals surface area contributed by atoms with E-state index in [0.29, 0.717) is 23.8 Å². The highest BCUT2D eigenvalue weighted by atomic mass is 19.1. The molecular weight excluding hydrogens is 193 g/mol. The van der Waals surface area contributed by atoms with Crippen LogP contribution in [0.1, 0.15) is 25.8 Å². The molecule has 0 aliphatic rings. The molecule has 0 saturated carbocycles. The lowest BCUT2D eigenvalue weighted by molar-refractivity contribution is 0.253. The number of halogens is 1. The van der Waals surface area contributed by atoms with Gasteiger partial charge < -0.3 is 10.5 Å². The summed E-state index contributed by atoms with van der Waals surface area (Å²) in [4.78, 5) is 0. The van der Waals surface area contributed by atoms with Gasteiger partial charge in [-0.1, -0.05) is 26.3 Å². The van der Waals surface area contributed by atoms with Crippen LogP contribution in [0.5, 0.6) is 5.75 Å². The van der Waals surface area contributed by atoms with Gasteiger partial charge in [-0.25, -0.2) is 4.39 Å². The van der Waals surface area contributed by atoms with Crippen molar-refractivity contribution in [3.8, 4) is 5.75 Å². The molecule has 0 amide bonds. The van der Waals surface area contributed by atoms with E-state index in [9.17, 15) is 4.39 Å². The van der Waals surface area contributed by atoms with E-state index in [1.807, 2.05) is 0 Å². The second-order valence-corrected chi connectivity index (χ2v) is 3.75. The van der Waals surface area contributed by atoms with E-state index in [1.165, 1.54) is 6.07 Å². The molecule has 0 heterocycles. The van der Waals surface area contributed by atoms with Gasteiger partial charge in [0.1, 0.15) is 11.6 Å². The summed E-state index contributed by atoms with van der Waals surface area (Å²) in [6, 6.07) is 4.80. The first-order valence-corrected chi connectivity index (χ1v) is 5.29. The summed E-state index contributed by atoms with van der Waals surface area (Å²) in [6.45, 7) is 4.97. The van der Waals surface area contributed by atoms with Gasteiger partial charge in [0.2, 0.25) is 0 Å². The Labute approximate surface area is 90.2 Å². The number of ether oxygens (including phenoxy) is 1. The van der Waals surface area contributed by atoms with Gasteiger partial charge in [-0.05, 0) is 18.1 Å². The average Bonchev–Trinajstić information content (AvgIpc) is 2.25. The summed E-state index contributed by atoms with van der Waals surface area (Å²) in [5.41, 5.74) is 5.93. The lowest BCUT2D eigenvalue weighted by Gasteiger charge is -2.14. The first kappa shape index (κ1) is 12.0. The normalized spacial score (nSPS) is 12.5. The Morgan fingerprint density at radius 1 is 1.47 bits per heavy atom. The Kier molecular flexibility index (Phi) is 4.56. The third-order valence-corrected chi connectivity index (χ3v) is 2.50. The van der Waals surface area contributed by atoms with E-state index in [0.717, 1.165) is 6.42 Å². The Morgan fingerprint density at radius 2 is 2.20 bits per heavy atom. The second-order valence-electron chi connectivity index (χ2n) is 3.75. The Balaban J connectivity index is 2.72. The zero-order valence-electron chi connectivity index (χ0n) is 9.29. The SMILES string of the molecule is CCC(C)COc1cccc(F)c1CN. The molecule has 0 aromatic heterocycles. The largest absolute Gasteiger partial charge is 0.493 e. The van der Waals surface area contributed by atoms with Crippen molar-refractivity contribution in [2.45, 2.75) is 26.8 Å². The average molecular weight is 211 g/mol. The van der Waals surface area contributed by atoms with Crippen molar-refractivity contribution in [3.63, 3.8) is 0 Å². The van der Waals surface area contributed by atoms with Crippen molar-refractivity contribution in [2.75, 3.05) is 6.61 Å². The van der Waals surface area contributed by atoms with E-state index >= 15 is 0 Å². The Bertz CT molecular complexity index is 314. The molecule has 15 heavy (non-hydrogen) atoms. The molecule has 0 radical (unpaired) electrons. The zero-order chi connectivity index (χ0) is 11.3. The lowest BCUT2D eigenvalue weighted by Crippen LogP contribution is -2.10. The van der Waals surface area contributed by atoms with Gasteiger partial charge in [-0.3, -0.25) is 0 Å². The zero-order valence-corrected chi connectivity index (χ0v) is 9.29. The summed E-state index contributed by atoms with van der Waals surface area (Å²) in [5.74, 6) is 0.746. The van der Waals surface area contributed by atoms with Gasteiger partial charge >= 0.3 is 0 Å². The van der Waals surface area contributed by atoms with Crippen LogP contribution in [0, 0.1) is 11.7 Å². The molecule has 2 N–H and O–H groups in total. The fraction of sp³-hybridized carbons (Fsp3) is 0.500. The van der Waals surface area contributed by atoms with Gasteiger partial charge in [0, 0.05) is 12.1 Å². The van der Waals surface area contributed by atoms with Crippen LogP contribution in [-0.4, -0.2) is 6.61 Å². The standard InChI is InChI=1S/C12H18FNO/c1-3-9(2)8-15-12-6-4-5-11(13)10(12)7-14/h4-6,9H,3,7-8,14H2,1-2H3. The molecule has 1 rings (SSSR count). The first-order valence-electron chi connectivity index (χ1n) is 5.29. The molecule has 0 aliphatic carbocycles. The van der Waals surface area contributed by atoms with Crippen molar-refractivity contribution in [3.05, 3.63) is 29.6 Å². The highest BCUT2D eigenvalue weighted by Gasteiger charge is 2.08. The number of nitrogens with two attached hydrogens (primary N) is 1. The van der Waals surface area contributed by atoms with E-state index in [2.05, 4.69) is 13.8 Å². The number of hydrogen-bond donors (Lipinski definition) is 1. The van der Waals surface area contributed by atoms with E-state index in [4.69, 9.17) is 10.5 Å². The molecule has 1 aromatic rings. The second kappa shape index (κ2) is 5.71. The molecule has 0 bridgehead atoms. The predicted molar refractivity (Wildman–Crippen MR) is 59.2 cm³/mol. The van der Waals surface area contributed by atoms with Gasteiger partial charge in [-0.15, -0.1) is 0 Å². The van der Waals surface area contributed by atoms with Gasteiger partial charge in [-0.2, -0.15) is 0 Å². The Morgan fingerprint density at radius 3 is 2.80 bits per heavy atom. The maximum Gasteiger partial charge on any atom is 0.131 e. The van der Waals surface area contributed by atoms with Crippen LogP contribution in [0.25, 0.3) is 0 Å². The molecule has 3 heteroatoms. The van der Waals surface area contributed by atoms with Crippen LogP contribution in [-0.2, 0) is 6.54 Å². The molecule has 1 atom stereocenters. The van der Waals surface area contributed by atoms with Gasteiger partial charge in [0.25, 0.3) is 0 Å². The summed E-state index contributed by atoms with van der Waals surface area (Å²) >= 11 is 0. The lowest BCUT2D eigenvalue weighted by atomic mass is 10.1. The van der Waals surface area contributed by atoms with Crippen molar-refractivity contribution in [1.29, 1.82) is 0 Å². The summed E-state index contributed by atoms with van der Waals surface area (Å²) in [5, 5.41) is 0. The minimum atomic E-state index is -0.292.